The quantitative estimate of drug-likeness (QED) is 0.567. The molecule has 2 fully saturated rings. The Morgan fingerprint density at radius 2 is 1.93 bits per heavy atom. The van der Waals surface area contributed by atoms with E-state index in [2.05, 4.69) is 10.6 Å². The van der Waals surface area contributed by atoms with Crippen molar-refractivity contribution in [2.45, 2.75) is 31.2 Å². The molecule has 2 N–H and O–H groups in total. The maximum atomic E-state index is 12.5. The predicted octanol–water partition coefficient (Wildman–Crippen LogP) is 1.04. The first-order valence-electron chi connectivity index (χ1n) is 8.68. The fourth-order valence-electron chi connectivity index (χ4n) is 3.39. The molecule has 1 aromatic rings. The lowest BCUT2D eigenvalue weighted by Crippen LogP contribution is -2.44. The fourth-order valence-corrected chi connectivity index (χ4v) is 3.39. The third-order valence-electron chi connectivity index (χ3n) is 4.74. The van der Waals surface area contributed by atoms with E-state index in [0.717, 1.165) is 17.7 Å². The smallest absolute Gasteiger partial charge is 0.326 e. The lowest BCUT2D eigenvalue weighted by molar-refractivity contribution is -0.150. The fraction of sp³-hybridized carbons (Fsp3) is 0.444. The number of hydrogen-bond acceptors (Lipinski definition) is 6. The number of nitrogens with zero attached hydrogens (tertiary/aromatic N) is 1. The topological polar surface area (TPSA) is 114 Å². The highest BCUT2D eigenvalue weighted by atomic mass is 16.5. The van der Waals surface area contributed by atoms with Gasteiger partial charge in [0.25, 0.3) is 11.8 Å². The number of carbonyl (C=O) groups excluding carboxylic acids is 4. The molecular formula is C18H21N3O6. The molecule has 1 aliphatic heterocycles. The molecule has 1 spiro atoms. The number of hydrogen-bond donors (Lipinski definition) is 2. The average molecular weight is 375 g/mol. The largest absolute Gasteiger partial charge is 0.495 e. The lowest BCUT2D eigenvalue weighted by Gasteiger charge is -2.19. The summed E-state index contributed by atoms with van der Waals surface area (Å²) >= 11 is 0. The van der Waals surface area contributed by atoms with Crippen LogP contribution >= 0.6 is 0 Å². The Morgan fingerprint density at radius 3 is 2.63 bits per heavy atom. The number of benzene rings is 1. The number of urea groups is 1. The van der Waals surface area contributed by atoms with Gasteiger partial charge < -0.3 is 20.1 Å². The summed E-state index contributed by atoms with van der Waals surface area (Å²) in [5, 5.41) is 5.25. The first-order chi connectivity index (χ1) is 12.9. The molecule has 0 unspecified atom stereocenters. The lowest BCUT2D eigenvalue weighted by atomic mass is 9.98. The van der Waals surface area contributed by atoms with Gasteiger partial charge >= 0.3 is 12.0 Å². The van der Waals surface area contributed by atoms with Gasteiger partial charge in [-0.1, -0.05) is 25.0 Å². The highest BCUT2D eigenvalue weighted by molar-refractivity contribution is 6.09. The molecule has 2 aliphatic rings. The Balaban J connectivity index is 1.50. The minimum atomic E-state index is -0.876. The molecule has 1 saturated heterocycles. The van der Waals surface area contributed by atoms with Gasteiger partial charge in [-0.05, 0) is 25.0 Å². The van der Waals surface area contributed by atoms with Crippen molar-refractivity contribution in [2.75, 3.05) is 25.6 Å². The molecule has 27 heavy (non-hydrogen) atoms. The zero-order valence-corrected chi connectivity index (χ0v) is 14.9. The van der Waals surface area contributed by atoms with Gasteiger partial charge in [0.1, 0.15) is 17.8 Å². The summed E-state index contributed by atoms with van der Waals surface area (Å²) in [7, 11) is 1.47. The number of rotatable bonds is 6. The van der Waals surface area contributed by atoms with Gasteiger partial charge in [0.05, 0.1) is 12.8 Å². The summed E-state index contributed by atoms with van der Waals surface area (Å²) in [5.74, 6) is -1.32. The molecular weight excluding hydrogens is 354 g/mol. The summed E-state index contributed by atoms with van der Waals surface area (Å²) in [6.45, 7) is -1.06. The second-order valence-corrected chi connectivity index (χ2v) is 6.52. The van der Waals surface area contributed by atoms with Crippen LogP contribution in [0.25, 0.3) is 0 Å². The van der Waals surface area contributed by atoms with Crippen LogP contribution in [0.15, 0.2) is 24.3 Å². The van der Waals surface area contributed by atoms with E-state index in [-0.39, 0.29) is 0 Å². The normalized spacial score (nSPS) is 17.7. The standard InChI is InChI=1S/C18H21N3O6/c1-26-13-7-3-2-6-12(13)19-14(22)11-27-15(23)10-21-16(24)18(20-17(21)25)8-4-5-9-18/h2-3,6-7H,4-5,8-11H2,1H3,(H,19,22)(H,20,25). The number of anilines is 1. The van der Waals surface area contributed by atoms with Crippen molar-refractivity contribution < 1.29 is 28.7 Å². The number of esters is 1. The summed E-state index contributed by atoms with van der Waals surface area (Å²) in [6, 6.07) is 6.20. The molecule has 144 valence electrons. The van der Waals surface area contributed by atoms with Crippen LogP contribution in [0.1, 0.15) is 25.7 Å². The Kier molecular flexibility index (Phi) is 5.29. The SMILES string of the molecule is COc1ccccc1NC(=O)COC(=O)CN1C(=O)NC2(CCCC2)C1=O. The zero-order valence-electron chi connectivity index (χ0n) is 14.9. The molecule has 1 aromatic carbocycles. The number of para-hydroxylation sites is 2. The van der Waals surface area contributed by atoms with E-state index in [1.165, 1.54) is 7.11 Å². The second-order valence-electron chi connectivity index (χ2n) is 6.52. The molecule has 0 bridgehead atoms. The molecule has 9 nitrogen and oxygen atoms in total. The van der Waals surface area contributed by atoms with Gasteiger partial charge in [-0.3, -0.25) is 19.3 Å². The molecule has 0 radical (unpaired) electrons. The highest BCUT2D eigenvalue weighted by Crippen LogP contribution is 2.34. The summed E-state index contributed by atoms with van der Waals surface area (Å²) in [6.07, 6.45) is 2.86. The summed E-state index contributed by atoms with van der Waals surface area (Å²) in [5.41, 5.74) is -0.433. The molecule has 3 rings (SSSR count). The molecule has 9 heteroatoms. The van der Waals surface area contributed by atoms with Crippen LogP contribution in [0.3, 0.4) is 0 Å². The van der Waals surface area contributed by atoms with Crippen molar-refractivity contribution in [1.29, 1.82) is 0 Å². The molecule has 0 atom stereocenters. The highest BCUT2D eigenvalue weighted by Gasteiger charge is 2.52. The van der Waals surface area contributed by atoms with E-state index in [1.54, 1.807) is 24.3 Å². The molecule has 0 aromatic heterocycles. The van der Waals surface area contributed by atoms with E-state index in [1.807, 2.05) is 0 Å². The van der Waals surface area contributed by atoms with Gasteiger partial charge in [-0.25, -0.2) is 4.79 Å². The maximum Gasteiger partial charge on any atom is 0.326 e. The van der Waals surface area contributed by atoms with Crippen LogP contribution in [0.5, 0.6) is 5.75 Å². The van der Waals surface area contributed by atoms with Crippen LogP contribution in [-0.2, 0) is 19.1 Å². The van der Waals surface area contributed by atoms with Gasteiger partial charge in [0.2, 0.25) is 0 Å². The number of imide groups is 1. The van der Waals surface area contributed by atoms with Crippen molar-refractivity contribution in [3.05, 3.63) is 24.3 Å². The van der Waals surface area contributed by atoms with E-state index >= 15 is 0 Å². The van der Waals surface area contributed by atoms with Crippen molar-refractivity contribution >= 4 is 29.5 Å². The zero-order chi connectivity index (χ0) is 19.4. The van der Waals surface area contributed by atoms with Gasteiger partial charge in [-0.15, -0.1) is 0 Å². The number of ether oxygens (including phenoxy) is 2. The van der Waals surface area contributed by atoms with Crippen molar-refractivity contribution in [3.8, 4) is 5.75 Å². The minimum absolute atomic E-state index is 0.402. The number of amides is 4. The van der Waals surface area contributed by atoms with Gasteiger partial charge in [0, 0.05) is 0 Å². The Bertz CT molecular complexity index is 772. The first kappa shape index (κ1) is 18.7. The third kappa shape index (κ3) is 3.86. The van der Waals surface area contributed by atoms with E-state index < -0.39 is 42.5 Å². The monoisotopic (exact) mass is 375 g/mol. The number of nitrogens with one attached hydrogen (secondary N) is 2. The van der Waals surface area contributed by atoms with Gasteiger partial charge in [-0.2, -0.15) is 0 Å². The third-order valence-corrected chi connectivity index (χ3v) is 4.74. The second kappa shape index (κ2) is 7.65. The van der Waals surface area contributed by atoms with Crippen molar-refractivity contribution in [3.63, 3.8) is 0 Å². The van der Waals surface area contributed by atoms with Crippen LogP contribution in [-0.4, -0.2) is 54.5 Å². The molecule has 1 aliphatic carbocycles. The van der Waals surface area contributed by atoms with Crippen LogP contribution in [0.2, 0.25) is 0 Å². The first-order valence-corrected chi connectivity index (χ1v) is 8.68. The Hall–Kier alpha value is -3.10. The van der Waals surface area contributed by atoms with Crippen LogP contribution in [0, 0.1) is 0 Å². The predicted molar refractivity (Wildman–Crippen MR) is 94.0 cm³/mol. The van der Waals surface area contributed by atoms with Crippen LogP contribution < -0.4 is 15.4 Å². The molecule has 1 saturated carbocycles. The van der Waals surface area contributed by atoms with Gasteiger partial charge in [0.15, 0.2) is 6.61 Å². The molecule has 1 heterocycles. The van der Waals surface area contributed by atoms with Crippen molar-refractivity contribution in [1.82, 2.24) is 10.2 Å². The van der Waals surface area contributed by atoms with E-state index in [9.17, 15) is 19.2 Å². The van der Waals surface area contributed by atoms with E-state index in [0.29, 0.717) is 24.3 Å². The summed E-state index contributed by atoms with van der Waals surface area (Å²) < 4.78 is 10.0. The maximum absolute atomic E-state index is 12.5. The summed E-state index contributed by atoms with van der Waals surface area (Å²) in [4.78, 5) is 49.3. The number of methoxy groups -OCH3 is 1. The van der Waals surface area contributed by atoms with Crippen molar-refractivity contribution in [2.24, 2.45) is 0 Å². The van der Waals surface area contributed by atoms with E-state index in [4.69, 9.17) is 9.47 Å². The average Bonchev–Trinajstić information content (AvgIpc) is 3.21. The Labute approximate surface area is 156 Å². The molecule has 4 amide bonds. The van der Waals surface area contributed by atoms with Crippen LogP contribution in [0.4, 0.5) is 10.5 Å². The minimum Gasteiger partial charge on any atom is -0.495 e. The number of carbonyl (C=O) groups is 4. The Morgan fingerprint density at radius 1 is 1.22 bits per heavy atom.